The molecule has 0 aromatic heterocycles. The van der Waals surface area contributed by atoms with E-state index in [9.17, 15) is 10.2 Å². The highest BCUT2D eigenvalue weighted by molar-refractivity contribution is 5.68. The lowest BCUT2D eigenvalue weighted by Gasteiger charge is -2.56. The van der Waals surface area contributed by atoms with Gasteiger partial charge in [0.1, 0.15) is 0 Å². The molecule has 0 spiro atoms. The molecule has 6 atom stereocenters. The van der Waals surface area contributed by atoms with Crippen LogP contribution in [0.4, 0.5) is 0 Å². The zero-order chi connectivity index (χ0) is 23.6. The minimum atomic E-state index is -0.687. The quantitative estimate of drug-likeness (QED) is 0.504. The lowest BCUT2D eigenvalue weighted by Crippen LogP contribution is -2.58. The molecule has 0 aliphatic heterocycles. The van der Waals surface area contributed by atoms with Gasteiger partial charge >= 0.3 is 0 Å². The Morgan fingerprint density at radius 1 is 1.19 bits per heavy atom. The normalized spacial score (nSPS) is 33.6. The highest BCUT2D eigenvalue weighted by Crippen LogP contribution is 2.58. The maximum Gasteiger partial charge on any atom is 0.0856 e. The number of aliphatic hydroxyl groups is 2. The van der Waals surface area contributed by atoms with E-state index in [1.165, 1.54) is 35.1 Å². The van der Waals surface area contributed by atoms with Crippen molar-refractivity contribution >= 4 is 6.08 Å². The van der Waals surface area contributed by atoms with Gasteiger partial charge in [-0.25, -0.2) is 0 Å². The van der Waals surface area contributed by atoms with Gasteiger partial charge in [-0.05, 0) is 90.5 Å². The van der Waals surface area contributed by atoms with Gasteiger partial charge in [0.2, 0.25) is 0 Å². The number of hydrogen-bond acceptors (Lipinski definition) is 2. The topological polar surface area (TPSA) is 40.5 Å². The van der Waals surface area contributed by atoms with Crippen LogP contribution in [0.1, 0.15) is 101 Å². The molecule has 1 fully saturated rings. The molecule has 0 unspecified atom stereocenters. The summed E-state index contributed by atoms with van der Waals surface area (Å²) >= 11 is 0. The molecule has 1 saturated carbocycles. The second kappa shape index (κ2) is 8.13. The third kappa shape index (κ3) is 3.53. The molecular formula is C30H44O2. The Morgan fingerprint density at radius 3 is 2.53 bits per heavy atom. The van der Waals surface area contributed by atoms with Crippen molar-refractivity contribution in [1.82, 2.24) is 0 Å². The molecule has 4 rings (SSSR count). The molecule has 32 heavy (non-hydrogen) atoms. The number of fused-ring (bicyclic) bond motifs is 5. The predicted molar refractivity (Wildman–Crippen MR) is 135 cm³/mol. The number of aliphatic hydroxyl groups excluding tert-OH is 2. The number of benzene rings is 1. The van der Waals surface area contributed by atoms with Crippen LogP contribution in [-0.2, 0) is 11.8 Å². The van der Waals surface area contributed by atoms with E-state index >= 15 is 0 Å². The molecule has 1 aromatic rings. The first-order valence-corrected chi connectivity index (χ1v) is 12.8. The van der Waals surface area contributed by atoms with Gasteiger partial charge in [-0.1, -0.05) is 71.9 Å². The summed E-state index contributed by atoms with van der Waals surface area (Å²) in [4.78, 5) is 0. The molecule has 0 bridgehead atoms. The summed E-state index contributed by atoms with van der Waals surface area (Å²) in [5, 5.41) is 21.5. The second-order valence-electron chi connectivity index (χ2n) is 12.3. The minimum absolute atomic E-state index is 0.148. The summed E-state index contributed by atoms with van der Waals surface area (Å²) in [6, 6.07) is 2.43. The van der Waals surface area contributed by atoms with Crippen LogP contribution in [0, 0.1) is 30.1 Å². The molecule has 176 valence electrons. The van der Waals surface area contributed by atoms with Crippen molar-refractivity contribution in [3.05, 3.63) is 52.1 Å². The molecule has 0 heterocycles. The van der Waals surface area contributed by atoms with Crippen molar-refractivity contribution in [2.45, 2.75) is 104 Å². The number of allylic oxidation sites excluding steroid dienone is 2. The zero-order valence-corrected chi connectivity index (χ0v) is 21.3. The van der Waals surface area contributed by atoms with Crippen LogP contribution < -0.4 is 0 Å². The summed E-state index contributed by atoms with van der Waals surface area (Å²) in [5.74, 6) is 2.07. The molecular weight excluding hydrogens is 392 g/mol. The fraction of sp³-hybridized carbons (Fsp3) is 0.667. The van der Waals surface area contributed by atoms with Crippen LogP contribution in [-0.4, -0.2) is 22.4 Å². The second-order valence-corrected chi connectivity index (χ2v) is 12.3. The number of aryl methyl sites for hydroxylation is 1. The van der Waals surface area contributed by atoms with Crippen molar-refractivity contribution in [3.63, 3.8) is 0 Å². The molecule has 0 radical (unpaired) electrons. The Morgan fingerprint density at radius 2 is 1.88 bits per heavy atom. The van der Waals surface area contributed by atoms with Crippen molar-refractivity contribution in [1.29, 1.82) is 0 Å². The molecule has 2 nitrogen and oxygen atoms in total. The van der Waals surface area contributed by atoms with Gasteiger partial charge in [-0.3, -0.25) is 0 Å². The van der Waals surface area contributed by atoms with E-state index in [-0.39, 0.29) is 16.7 Å². The smallest absolute Gasteiger partial charge is 0.0856 e. The fourth-order valence-electron chi connectivity index (χ4n) is 7.39. The van der Waals surface area contributed by atoms with Gasteiger partial charge in [0, 0.05) is 10.8 Å². The van der Waals surface area contributed by atoms with E-state index in [0.717, 1.165) is 12.8 Å². The standard InChI is InChI=1S/C30H44O2/c1-17(2)18(3)9-10-19(4)21-11-12-23-22-13-14-26-29(6,7)28(32)25(31)16-30(26,8)24(22)15-20(5)27(21)23/h13-15,17,19,21,25-26,28,31-32H,3,9-12,16H2,1-2,4-8H3/t19-,21-,25-,26+,28+,30-/m1/s1. The van der Waals surface area contributed by atoms with Gasteiger partial charge < -0.3 is 10.2 Å². The number of hydrogen-bond donors (Lipinski definition) is 2. The van der Waals surface area contributed by atoms with Gasteiger partial charge in [-0.2, -0.15) is 0 Å². The van der Waals surface area contributed by atoms with Crippen molar-refractivity contribution < 1.29 is 10.2 Å². The first-order chi connectivity index (χ1) is 14.9. The van der Waals surface area contributed by atoms with Crippen LogP contribution in [0.25, 0.3) is 6.08 Å². The lowest BCUT2D eigenvalue weighted by molar-refractivity contribution is -0.126. The number of rotatable bonds is 5. The van der Waals surface area contributed by atoms with Gasteiger partial charge in [-0.15, -0.1) is 0 Å². The average molecular weight is 437 g/mol. The summed E-state index contributed by atoms with van der Waals surface area (Å²) in [5.41, 5.74) is 8.23. The van der Waals surface area contributed by atoms with E-state index in [0.29, 0.717) is 24.2 Å². The van der Waals surface area contributed by atoms with E-state index in [4.69, 9.17) is 0 Å². The van der Waals surface area contributed by atoms with Gasteiger partial charge in [0.25, 0.3) is 0 Å². The van der Waals surface area contributed by atoms with Gasteiger partial charge in [0.05, 0.1) is 12.2 Å². The first-order valence-electron chi connectivity index (χ1n) is 12.8. The minimum Gasteiger partial charge on any atom is -0.390 e. The monoisotopic (exact) mass is 436 g/mol. The summed E-state index contributed by atoms with van der Waals surface area (Å²) < 4.78 is 0. The van der Waals surface area contributed by atoms with E-state index in [1.807, 2.05) is 0 Å². The third-order valence-electron chi connectivity index (χ3n) is 9.54. The Bertz CT molecular complexity index is 937. The van der Waals surface area contributed by atoms with E-state index in [1.54, 1.807) is 11.1 Å². The summed E-state index contributed by atoms with van der Waals surface area (Å²) in [6.07, 6.45) is 8.68. The zero-order valence-electron chi connectivity index (χ0n) is 21.3. The molecule has 2 heteroatoms. The van der Waals surface area contributed by atoms with Crippen LogP contribution in [0.2, 0.25) is 0 Å². The van der Waals surface area contributed by atoms with Crippen molar-refractivity contribution in [2.24, 2.45) is 23.2 Å². The fourth-order valence-corrected chi connectivity index (χ4v) is 7.39. The Balaban J connectivity index is 1.70. The van der Waals surface area contributed by atoms with Crippen LogP contribution in [0.15, 0.2) is 24.3 Å². The Kier molecular flexibility index (Phi) is 6.04. The van der Waals surface area contributed by atoms with E-state index in [2.05, 4.69) is 73.3 Å². The molecule has 2 N–H and O–H groups in total. The van der Waals surface area contributed by atoms with Crippen molar-refractivity contribution in [2.75, 3.05) is 0 Å². The summed E-state index contributed by atoms with van der Waals surface area (Å²) in [7, 11) is 0. The van der Waals surface area contributed by atoms with Crippen molar-refractivity contribution in [3.8, 4) is 0 Å². The van der Waals surface area contributed by atoms with Crippen LogP contribution in [0.5, 0.6) is 0 Å². The third-order valence-corrected chi connectivity index (χ3v) is 9.54. The highest BCUT2D eigenvalue weighted by Gasteiger charge is 2.56. The highest BCUT2D eigenvalue weighted by atomic mass is 16.3. The molecule has 3 aliphatic carbocycles. The lowest BCUT2D eigenvalue weighted by atomic mass is 9.50. The Labute approximate surface area is 195 Å². The molecule has 0 saturated heterocycles. The molecule has 1 aromatic carbocycles. The SMILES string of the molecule is C=C(CC[C@@H](C)[C@H]1CCc2c3c(cc(C)c21)[C@@]1(C)C[C@@H](O)[C@H](O)C(C)(C)[C@@H]1C=C3)C(C)C. The predicted octanol–water partition coefficient (Wildman–Crippen LogP) is 6.71. The largest absolute Gasteiger partial charge is 0.390 e. The molecule has 3 aliphatic rings. The van der Waals surface area contributed by atoms with E-state index < -0.39 is 12.2 Å². The Hall–Kier alpha value is -1.38. The average Bonchev–Trinajstić information content (AvgIpc) is 3.17. The maximum atomic E-state index is 10.8. The maximum absolute atomic E-state index is 10.8. The van der Waals surface area contributed by atoms with Gasteiger partial charge in [0.15, 0.2) is 0 Å². The molecule has 0 amide bonds. The van der Waals surface area contributed by atoms with Crippen LogP contribution in [0.3, 0.4) is 0 Å². The van der Waals surface area contributed by atoms with Crippen LogP contribution >= 0.6 is 0 Å². The first kappa shape index (κ1) is 23.8. The summed E-state index contributed by atoms with van der Waals surface area (Å²) in [6.45, 7) is 20.1.